The topological polar surface area (TPSA) is 66.6 Å². The van der Waals surface area contributed by atoms with Crippen molar-refractivity contribution in [2.75, 3.05) is 33.2 Å². The third-order valence-electron chi connectivity index (χ3n) is 4.78. The molecule has 1 saturated heterocycles. The lowest BCUT2D eigenvalue weighted by atomic mass is 9.89. The summed E-state index contributed by atoms with van der Waals surface area (Å²) in [6.07, 6.45) is 0. The monoisotopic (exact) mass is 357 g/mol. The highest BCUT2D eigenvalue weighted by molar-refractivity contribution is 7.12. The lowest BCUT2D eigenvalue weighted by Gasteiger charge is -2.21. The Morgan fingerprint density at radius 2 is 1.96 bits per heavy atom. The van der Waals surface area contributed by atoms with Crippen LogP contribution in [0.15, 0.2) is 47.8 Å². The van der Waals surface area contributed by atoms with Crippen LogP contribution in [0.3, 0.4) is 0 Å². The molecule has 0 radical (unpaired) electrons. The highest BCUT2D eigenvalue weighted by Crippen LogP contribution is 2.32. The van der Waals surface area contributed by atoms with E-state index in [1.807, 2.05) is 34.5 Å². The average molecular weight is 357 g/mol. The molecule has 2 N–H and O–H groups in total. The Morgan fingerprint density at radius 3 is 2.60 bits per heavy atom. The molecule has 6 heteroatoms. The molecule has 25 heavy (non-hydrogen) atoms. The zero-order valence-electron chi connectivity index (χ0n) is 14.3. The van der Waals surface area contributed by atoms with E-state index in [0.29, 0.717) is 24.5 Å². The van der Waals surface area contributed by atoms with Crippen LogP contribution in [0.25, 0.3) is 0 Å². The molecule has 1 aliphatic heterocycles. The molecular weight excluding hydrogens is 334 g/mol. The predicted molar refractivity (Wildman–Crippen MR) is 99.6 cm³/mol. The second-order valence-electron chi connectivity index (χ2n) is 6.45. The first-order valence-corrected chi connectivity index (χ1v) is 9.30. The molecule has 1 aromatic heterocycles. The van der Waals surface area contributed by atoms with Crippen molar-refractivity contribution < 1.29 is 9.59 Å². The van der Waals surface area contributed by atoms with Crippen molar-refractivity contribution in [3.8, 4) is 0 Å². The van der Waals surface area contributed by atoms with E-state index in [4.69, 9.17) is 5.73 Å². The van der Waals surface area contributed by atoms with Crippen molar-refractivity contribution in [2.24, 2.45) is 11.7 Å². The predicted octanol–water partition coefficient (Wildman–Crippen LogP) is 2.02. The number of benzene rings is 1. The van der Waals surface area contributed by atoms with Crippen molar-refractivity contribution in [2.45, 2.75) is 5.92 Å². The summed E-state index contributed by atoms with van der Waals surface area (Å²) in [7, 11) is 1.67. The Bertz CT molecular complexity index is 718. The van der Waals surface area contributed by atoms with Gasteiger partial charge in [0.05, 0.1) is 11.4 Å². The normalized spacial score (nSPS) is 19.8. The summed E-state index contributed by atoms with van der Waals surface area (Å²) in [5.74, 6) is 0.375. The number of hydrogen-bond donors (Lipinski definition) is 1. The smallest absolute Gasteiger partial charge is 0.264 e. The Balaban J connectivity index is 1.64. The molecule has 1 fully saturated rings. The van der Waals surface area contributed by atoms with Gasteiger partial charge in [0.2, 0.25) is 5.91 Å². The van der Waals surface area contributed by atoms with Crippen molar-refractivity contribution in [3.05, 3.63) is 58.3 Å². The largest absolute Gasteiger partial charge is 0.340 e. The molecule has 3 rings (SSSR count). The van der Waals surface area contributed by atoms with Gasteiger partial charge in [-0.2, -0.15) is 0 Å². The Hall–Kier alpha value is -2.18. The average Bonchev–Trinajstić information content (AvgIpc) is 3.31. The van der Waals surface area contributed by atoms with E-state index in [0.717, 1.165) is 0 Å². The quantitative estimate of drug-likeness (QED) is 0.890. The maximum atomic E-state index is 12.7. The van der Waals surface area contributed by atoms with Crippen molar-refractivity contribution in [3.63, 3.8) is 0 Å². The van der Waals surface area contributed by atoms with E-state index in [9.17, 15) is 9.59 Å². The molecule has 2 amide bonds. The fourth-order valence-corrected chi connectivity index (χ4v) is 4.07. The summed E-state index contributed by atoms with van der Waals surface area (Å²) < 4.78 is 0. The minimum atomic E-state index is -0.113. The van der Waals surface area contributed by atoms with Gasteiger partial charge < -0.3 is 15.5 Å². The number of likely N-dealkylation sites (tertiary alicyclic amines) is 1. The van der Waals surface area contributed by atoms with E-state index in [2.05, 4.69) is 12.1 Å². The fraction of sp³-hybridized carbons (Fsp3) is 0.368. The Morgan fingerprint density at radius 1 is 1.20 bits per heavy atom. The number of carbonyl (C=O) groups excluding carboxylic acids is 2. The lowest BCUT2D eigenvalue weighted by molar-refractivity contribution is -0.130. The van der Waals surface area contributed by atoms with Crippen LogP contribution in [0.1, 0.15) is 21.2 Å². The molecule has 0 unspecified atom stereocenters. The van der Waals surface area contributed by atoms with Crippen LogP contribution < -0.4 is 5.73 Å². The van der Waals surface area contributed by atoms with Gasteiger partial charge in [-0.3, -0.25) is 9.59 Å². The molecule has 2 aromatic rings. The van der Waals surface area contributed by atoms with Gasteiger partial charge in [0.15, 0.2) is 0 Å². The van der Waals surface area contributed by atoms with E-state index < -0.39 is 0 Å². The summed E-state index contributed by atoms with van der Waals surface area (Å²) in [4.78, 5) is 29.0. The molecule has 1 aromatic carbocycles. The Kier molecular flexibility index (Phi) is 5.50. The molecule has 2 atom stereocenters. The molecule has 0 bridgehead atoms. The van der Waals surface area contributed by atoms with Gasteiger partial charge in [0.1, 0.15) is 0 Å². The van der Waals surface area contributed by atoms with Gasteiger partial charge >= 0.3 is 0 Å². The van der Waals surface area contributed by atoms with Crippen LogP contribution in [0.5, 0.6) is 0 Å². The highest BCUT2D eigenvalue weighted by Gasteiger charge is 2.35. The first-order valence-electron chi connectivity index (χ1n) is 8.42. The molecule has 0 spiro atoms. The summed E-state index contributed by atoms with van der Waals surface area (Å²) in [5, 5.41) is 1.86. The number of likely N-dealkylation sites (N-methyl/N-ethyl adjacent to an activating group) is 1. The van der Waals surface area contributed by atoms with Crippen LogP contribution in [0.2, 0.25) is 0 Å². The number of thiophene rings is 1. The minimum absolute atomic E-state index is 0.0238. The molecule has 2 heterocycles. The first kappa shape index (κ1) is 17.6. The number of amides is 2. The zero-order valence-corrected chi connectivity index (χ0v) is 15.1. The van der Waals surface area contributed by atoms with E-state index >= 15 is 0 Å². The van der Waals surface area contributed by atoms with Gasteiger partial charge in [-0.1, -0.05) is 36.4 Å². The minimum Gasteiger partial charge on any atom is -0.340 e. The lowest BCUT2D eigenvalue weighted by Crippen LogP contribution is -2.40. The summed E-state index contributed by atoms with van der Waals surface area (Å²) >= 11 is 1.39. The maximum absolute atomic E-state index is 12.7. The molecule has 5 nitrogen and oxygen atoms in total. The van der Waals surface area contributed by atoms with E-state index in [1.54, 1.807) is 13.1 Å². The summed E-state index contributed by atoms with van der Waals surface area (Å²) in [5.41, 5.74) is 7.16. The van der Waals surface area contributed by atoms with Gasteiger partial charge in [-0.15, -0.1) is 11.3 Å². The molecule has 1 aliphatic rings. The summed E-state index contributed by atoms with van der Waals surface area (Å²) in [6, 6.07) is 13.8. The fourth-order valence-electron chi connectivity index (χ4n) is 3.35. The van der Waals surface area contributed by atoms with Crippen LogP contribution in [-0.2, 0) is 4.79 Å². The first-order chi connectivity index (χ1) is 12.1. The summed E-state index contributed by atoms with van der Waals surface area (Å²) in [6.45, 7) is 1.95. The number of nitrogens with two attached hydrogens (primary N) is 1. The van der Waals surface area contributed by atoms with Gasteiger partial charge in [-0.05, 0) is 29.5 Å². The van der Waals surface area contributed by atoms with Crippen LogP contribution in [0.4, 0.5) is 0 Å². The van der Waals surface area contributed by atoms with Crippen molar-refractivity contribution in [1.82, 2.24) is 9.80 Å². The van der Waals surface area contributed by atoms with Crippen LogP contribution in [-0.4, -0.2) is 54.8 Å². The molecule has 0 saturated carbocycles. The number of nitrogens with zero attached hydrogens (tertiary/aromatic N) is 2. The maximum Gasteiger partial charge on any atom is 0.264 e. The standard InChI is InChI=1S/C19H23N3O2S/c1-21(19(24)17-8-5-9-25-17)13-18(23)22-11-15(10-20)16(12-22)14-6-3-2-4-7-14/h2-9,15-16H,10-13,20H2,1H3/t15-,16+/m1/s1. The van der Waals surface area contributed by atoms with E-state index in [1.165, 1.54) is 21.8 Å². The zero-order chi connectivity index (χ0) is 17.8. The number of hydrogen-bond acceptors (Lipinski definition) is 4. The van der Waals surface area contributed by atoms with Gasteiger partial charge in [-0.25, -0.2) is 0 Å². The second-order valence-corrected chi connectivity index (χ2v) is 7.40. The van der Waals surface area contributed by atoms with Crippen LogP contribution in [0, 0.1) is 5.92 Å². The van der Waals surface area contributed by atoms with Crippen molar-refractivity contribution >= 4 is 23.2 Å². The highest BCUT2D eigenvalue weighted by atomic mass is 32.1. The van der Waals surface area contributed by atoms with Crippen molar-refractivity contribution in [1.29, 1.82) is 0 Å². The number of carbonyl (C=O) groups is 2. The van der Waals surface area contributed by atoms with Gasteiger partial charge in [0, 0.05) is 26.1 Å². The second kappa shape index (κ2) is 7.80. The third kappa shape index (κ3) is 3.91. The molecule has 132 valence electrons. The van der Waals surface area contributed by atoms with Gasteiger partial charge in [0.25, 0.3) is 5.91 Å². The van der Waals surface area contributed by atoms with Crippen LogP contribution >= 0.6 is 11.3 Å². The Labute approximate surface area is 152 Å². The SMILES string of the molecule is CN(CC(=O)N1C[C@@H](CN)[C@H](c2ccccc2)C1)C(=O)c1cccs1. The number of rotatable bonds is 5. The van der Waals surface area contributed by atoms with E-state index in [-0.39, 0.29) is 30.2 Å². The molecule has 0 aliphatic carbocycles. The third-order valence-corrected chi connectivity index (χ3v) is 5.63. The molecular formula is C19H23N3O2S.